The van der Waals surface area contributed by atoms with Crippen molar-refractivity contribution in [1.82, 2.24) is 0 Å². The van der Waals surface area contributed by atoms with E-state index in [9.17, 15) is 4.79 Å². The van der Waals surface area contributed by atoms with Crippen molar-refractivity contribution < 1.29 is 4.79 Å². The van der Waals surface area contributed by atoms with Crippen molar-refractivity contribution in [2.45, 2.75) is 33.1 Å². The molecule has 68 valence electrons. The van der Waals surface area contributed by atoms with Gasteiger partial charge in [-0.05, 0) is 48.1 Å². The van der Waals surface area contributed by atoms with E-state index in [0.29, 0.717) is 11.3 Å². The van der Waals surface area contributed by atoms with Crippen molar-refractivity contribution >= 4 is 16.8 Å². The normalized spacial score (nSPS) is 43.4. The van der Waals surface area contributed by atoms with Gasteiger partial charge >= 0.3 is 0 Å². The van der Waals surface area contributed by atoms with Crippen LogP contribution in [0.2, 0.25) is 0 Å². The van der Waals surface area contributed by atoms with Gasteiger partial charge in [0.1, 0.15) is 0 Å². The lowest BCUT2D eigenvalue weighted by atomic mass is 9.46. The average Bonchev–Trinajstić information content (AvgIpc) is 2.04. The molecule has 2 bridgehead atoms. The Morgan fingerprint density at radius 2 is 2.08 bits per heavy atom. The first-order valence-electron chi connectivity index (χ1n) is 4.73. The summed E-state index contributed by atoms with van der Waals surface area (Å²) >= 11 is 5.56. The largest absolute Gasteiger partial charge is 0.281 e. The second kappa shape index (κ2) is 2.47. The third kappa shape index (κ3) is 0.953. The Hall–Kier alpha value is -0.0400. The summed E-state index contributed by atoms with van der Waals surface area (Å²) in [6.07, 6.45) is 3.46. The number of carbonyl (C=O) groups excluding carboxylic acids is 1. The molecule has 0 aromatic heterocycles. The van der Waals surface area contributed by atoms with Crippen molar-refractivity contribution in [3.8, 4) is 0 Å². The Bertz CT molecular complexity index is 220. The van der Waals surface area contributed by atoms with Gasteiger partial charge in [-0.1, -0.05) is 13.8 Å². The molecule has 3 rings (SSSR count). The van der Waals surface area contributed by atoms with Gasteiger partial charge in [-0.3, -0.25) is 4.79 Å². The van der Waals surface area contributed by atoms with E-state index in [0.717, 1.165) is 12.3 Å². The van der Waals surface area contributed by atoms with Crippen LogP contribution in [0.3, 0.4) is 0 Å². The Kier molecular flexibility index (Phi) is 1.76. The molecule has 0 N–H and O–H groups in total. The molecule has 0 aromatic carbocycles. The van der Waals surface area contributed by atoms with E-state index in [2.05, 4.69) is 13.8 Å². The van der Waals surface area contributed by atoms with Crippen molar-refractivity contribution in [2.75, 3.05) is 0 Å². The zero-order chi connectivity index (χ0) is 8.93. The third-order valence-corrected chi connectivity index (χ3v) is 4.43. The first-order valence-corrected chi connectivity index (χ1v) is 5.10. The quantitative estimate of drug-likeness (QED) is 0.576. The van der Waals surface area contributed by atoms with Crippen LogP contribution < -0.4 is 0 Å². The highest BCUT2D eigenvalue weighted by molar-refractivity contribution is 6.64. The summed E-state index contributed by atoms with van der Waals surface area (Å²) in [7, 11) is 0. The fourth-order valence-electron chi connectivity index (χ4n) is 3.08. The number of rotatable bonds is 1. The van der Waals surface area contributed by atoms with Gasteiger partial charge in [-0.15, -0.1) is 0 Å². The summed E-state index contributed by atoms with van der Waals surface area (Å²) in [5, 5.41) is -0.105. The van der Waals surface area contributed by atoms with Crippen LogP contribution in [-0.4, -0.2) is 5.24 Å². The molecule has 0 amide bonds. The highest BCUT2D eigenvalue weighted by Gasteiger charge is 2.55. The maximum Gasteiger partial charge on any atom is 0.225 e. The summed E-state index contributed by atoms with van der Waals surface area (Å²) in [6.45, 7) is 4.55. The molecule has 3 saturated carbocycles. The van der Waals surface area contributed by atoms with Gasteiger partial charge < -0.3 is 0 Å². The van der Waals surface area contributed by atoms with E-state index in [4.69, 9.17) is 11.6 Å². The van der Waals surface area contributed by atoms with E-state index in [1.165, 1.54) is 12.8 Å². The van der Waals surface area contributed by atoms with Crippen LogP contribution in [0, 0.1) is 23.2 Å². The highest BCUT2D eigenvalue weighted by Crippen LogP contribution is 2.61. The van der Waals surface area contributed by atoms with Gasteiger partial charge in [-0.2, -0.15) is 0 Å². The predicted molar refractivity (Wildman–Crippen MR) is 49.0 cm³/mol. The molecule has 3 aliphatic carbocycles. The van der Waals surface area contributed by atoms with Crippen LogP contribution in [0.4, 0.5) is 0 Å². The molecule has 3 fully saturated rings. The summed E-state index contributed by atoms with van der Waals surface area (Å²) in [4.78, 5) is 11.1. The molecule has 0 radical (unpaired) electrons. The smallest absolute Gasteiger partial charge is 0.225 e. The molecule has 3 aliphatic rings. The maximum atomic E-state index is 11.1. The van der Waals surface area contributed by atoms with Gasteiger partial charge in [0.15, 0.2) is 0 Å². The van der Waals surface area contributed by atoms with Crippen molar-refractivity contribution in [2.24, 2.45) is 23.2 Å². The minimum Gasteiger partial charge on any atom is -0.281 e. The zero-order valence-electron chi connectivity index (χ0n) is 7.64. The van der Waals surface area contributed by atoms with Crippen LogP contribution in [-0.2, 0) is 4.79 Å². The minimum atomic E-state index is -0.105. The van der Waals surface area contributed by atoms with Crippen LogP contribution in [0.1, 0.15) is 33.1 Å². The molecule has 0 aliphatic heterocycles. The molecule has 0 unspecified atom stereocenters. The van der Waals surface area contributed by atoms with E-state index in [-0.39, 0.29) is 11.2 Å². The van der Waals surface area contributed by atoms with Crippen LogP contribution >= 0.6 is 11.6 Å². The molecule has 1 nitrogen and oxygen atoms in total. The Balaban J connectivity index is 2.16. The number of halogens is 1. The van der Waals surface area contributed by atoms with Gasteiger partial charge in [0, 0.05) is 5.92 Å². The Labute approximate surface area is 78.5 Å². The van der Waals surface area contributed by atoms with Gasteiger partial charge in [0.05, 0.1) is 0 Å². The van der Waals surface area contributed by atoms with Crippen molar-refractivity contribution in [3.63, 3.8) is 0 Å². The number of carbonyl (C=O) groups is 1. The maximum absolute atomic E-state index is 11.1. The number of hydrogen-bond donors (Lipinski definition) is 0. The van der Waals surface area contributed by atoms with Gasteiger partial charge in [-0.25, -0.2) is 0 Å². The first kappa shape index (κ1) is 8.55. The van der Waals surface area contributed by atoms with E-state index in [1.807, 2.05) is 0 Å². The zero-order valence-corrected chi connectivity index (χ0v) is 8.40. The molecular formula is C10H15ClO. The standard InChI is InChI=1S/C10H15ClO/c1-10(2)6-3-4-7(9(11)12)8(10)5-6/h6-8H,3-5H2,1-2H3/t6-,7+,8-/m0/s1. The minimum absolute atomic E-state index is 0.105. The van der Waals surface area contributed by atoms with E-state index >= 15 is 0 Å². The lowest BCUT2D eigenvalue weighted by Crippen LogP contribution is -2.53. The van der Waals surface area contributed by atoms with Crippen molar-refractivity contribution in [1.29, 1.82) is 0 Å². The fraction of sp³-hybridized carbons (Fsp3) is 0.900. The number of fused-ring (bicyclic) bond motifs is 2. The number of hydrogen-bond acceptors (Lipinski definition) is 1. The first-order chi connectivity index (χ1) is 5.53. The Morgan fingerprint density at radius 3 is 2.42 bits per heavy atom. The van der Waals surface area contributed by atoms with Crippen molar-refractivity contribution in [3.05, 3.63) is 0 Å². The lowest BCUT2D eigenvalue weighted by molar-refractivity contribution is -0.138. The van der Waals surface area contributed by atoms with Gasteiger partial charge in [0.25, 0.3) is 0 Å². The average molecular weight is 187 g/mol. The van der Waals surface area contributed by atoms with E-state index in [1.54, 1.807) is 0 Å². The molecule has 0 aromatic rings. The lowest BCUT2D eigenvalue weighted by Gasteiger charge is -2.59. The summed E-state index contributed by atoms with van der Waals surface area (Å²) in [5.74, 6) is 1.59. The predicted octanol–water partition coefficient (Wildman–Crippen LogP) is 2.82. The second-order valence-electron chi connectivity index (χ2n) is 4.85. The van der Waals surface area contributed by atoms with Gasteiger partial charge in [0.2, 0.25) is 5.24 Å². The van der Waals surface area contributed by atoms with E-state index < -0.39 is 0 Å². The third-order valence-electron chi connectivity index (χ3n) is 4.15. The summed E-state index contributed by atoms with van der Waals surface area (Å²) in [5.41, 5.74) is 0.382. The topological polar surface area (TPSA) is 17.1 Å². The van der Waals surface area contributed by atoms with Crippen LogP contribution in [0.5, 0.6) is 0 Å². The summed E-state index contributed by atoms with van der Waals surface area (Å²) in [6, 6.07) is 0. The fourth-order valence-corrected chi connectivity index (χ4v) is 3.34. The molecule has 0 spiro atoms. The monoisotopic (exact) mass is 186 g/mol. The van der Waals surface area contributed by atoms with Crippen LogP contribution in [0.25, 0.3) is 0 Å². The van der Waals surface area contributed by atoms with Crippen LogP contribution in [0.15, 0.2) is 0 Å². The molecule has 12 heavy (non-hydrogen) atoms. The SMILES string of the molecule is CC1(C)[C@H]2CC[C@@H](C(=O)Cl)[C@@H]1C2. The molecule has 0 heterocycles. The highest BCUT2D eigenvalue weighted by atomic mass is 35.5. The Morgan fingerprint density at radius 1 is 1.42 bits per heavy atom. The summed E-state index contributed by atoms with van der Waals surface area (Å²) < 4.78 is 0. The molecule has 3 atom stereocenters. The second-order valence-corrected chi connectivity index (χ2v) is 5.22. The molecular weight excluding hydrogens is 172 g/mol. The molecule has 2 heteroatoms. The molecule has 0 saturated heterocycles.